The summed E-state index contributed by atoms with van der Waals surface area (Å²) in [6.07, 6.45) is 2.99. The molecule has 2 heterocycles. The Morgan fingerprint density at radius 3 is 2.65 bits per heavy atom. The quantitative estimate of drug-likeness (QED) is 0.439. The molecule has 0 bridgehead atoms. The second-order valence-corrected chi connectivity index (χ2v) is 7.01. The van der Waals surface area contributed by atoms with E-state index in [9.17, 15) is 14.4 Å². The van der Waals surface area contributed by atoms with Gasteiger partial charge in [-0.1, -0.05) is 42.5 Å². The van der Waals surface area contributed by atoms with Gasteiger partial charge in [0, 0.05) is 25.2 Å². The predicted molar refractivity (Wildman–Crippen MR) is 112 cm³/mol. The molecule has 0 aliphatic carbocycles. The molecule has 0 saturated carbocycles. The van der Waals surface area contributed by atoms with Crippen molar-refractivity contribution in [2.24, 2.45) is 12.8 Å². The highest BCUT2D eigenvalue weighted by Crippen LogP contribution is 2.29. The number of carbonyl (C=O) groups excluding carboxylic acids is 3. The molecule has 4 rings (SSSR count). The second kappa shape index (κ2) is 8.23. The Bertz CT molecular complexity index is 1280. The third kappa shape index (κ3) is 4.06. The zero-order chi connectivity index (χ0) is 22.0. The van der Waals surface area contributed by atoms with E-state index in [-0.39, 0.29) is 12.0 Å². The summed E-state index contributed by atoms with van der Waals surface area (Å²) in [5, 5.41) is 7.04. The van der Waals surface area contributed by atoms with E-state index < -0.39 is 23.6 Å². The summed E-state index contributed by atoms with van der Waals surface area (Å²) in [7, 11) is 1.68. The average Bonchev–Trinajstić information content (AvgIpc) is 3.39. The van der Waals surface area contributed by atoms with E-state index in [0.29, 0.717) is 22.4 Å². The standard InChI is InChI=1S/C22H19N5O4/c1-27-11-15(18(26-27)14-8-5-9-17-19(14)24-12-31-17)22(30)25-16(20(28)21(23)29)10-13-6-3-2-4-7-13/h2-9,11-12,16H,10H2,1H3,(H2,23,29)(H,25,30). The maximum atomic E-state index is 13.1. The number of nitrogens with two attached hydrogens (primary N) is 1. The number of rotatable bonds is 7. The predicted octanol–water partition coefficient (Wildman–Crippen LogP) is 1.62. The second-order valence-electron chi connectivity index (χ2n) is 7.01. The van der Waals surface area contributed by atoms with Gasteiger partial charge in [0.05, 0.1) is 5.56 Å². The maximum absolute atomic E-state index is 13.1. The number of oxazole rings is 1. The number of primary amides is 1. The monoisotopic (exact) mass is 417 g/mol. The SMILES string of the molecule is Cn1cc(C(=O)NC(Cc2ccccc2)C(=O)C(N)=O)c(-c2cccc3ocnc23)n1. The molecule has 9 nitrogen and oxygen atoms in total. The van der Waals surface area contributed by atoms with Gasteiger partial charge in [0.25, 0.3) is 11.8 Å². The number of para-hydroxylation sites is 1. The number of aryl methyl sites for hydroxylation is 1. The highest BCUT2D eigenvalue weighted by molar-refractivity contribution is 6.38. The summed E-state index contributed by atoms with van der Waals surface area (Å²) in [5.74, 6) is -2.54. The molecule has 1 unspecified atom stereocenters. The van der Waals surface area contributed by atoms with E-state index >= 15 is 0 Å². The molecule has 0 saturated heterocycles. The van der Waals surface area contributed by atoms with Crippen molar-refractivity contribution in [1.29, 1.82) is 0 Å². The van der Waals surface area contributed by atoms with Crippen LogP contribution in [0, 0.1) is 0 Å². The summed E-state index contributed by atoms with van der Waals surface area (Å²) in [6, 6.07) is 13.2. The van der Waals surface area contributed by atoms with E-state index in [4.69, 9.17) is 10.2 Å². The Hall–Kier alpha value is -4.27. The molecule has 31 heavy (non-hydrogen) atoms. The highest BCUT2D eigenvalue weighted by Gasteiger charge is 2.28. The molecule has 0 aliphatic rings. The van der Waals surface area contributed by atoms with E-state index in [1.54, 1.807) is 49.5 Å². The van der Waals surface area contributed by atoms with Gasteiger partial charge in [-0.25, -0.2) is 4.98 Å². The number of aromatic nitrogens is 3. The molecule has 0 fully saturated rings. The molecular weight excluding hydrogens is 398 g/mol. The zero-order valence-electron chi connectivity index (χ0n) is 16.6. The summed E-state index contributed by atoms with van der Waals surface area (Å²) < 4.78 is 6.83. The number of ketones is 1. The van der Waals surface area contributed by atoms with Gasteiger partial charge in [-0.2, -0.15) is 5.10 Å². The first kappa shape index (κ1) is 20.0. The Labute approximate surface area is 176 Å². The maximum Gasteiger partial charge on any atom is 0.287 e. The van der Waals surface area contributed by atoms with E-state index in [1.165, 1.54) is 17.3 Å². The number of benzene rings is 2. The van der Waals surface area contributed by atoms with Crippen LogP contribution in [-0.2, 0) is 23.1 Å². The number of hydrogen-bond acceptors (Lipinski definition) is 6. The molecule has 2 aromatic heterocycles. The lowest BCUT2D eigenvalue weighted by Crippen LogP contribution is -2.47. The van der Waals surface area contributed by atoms with Gasteiger partial charge in [-0.15, -0.1) is 0 Å². The van der Waals surface area contributed by atoms with Crippen molar-refractivity contribution in [2.45, 2.75) is 12.5 Å². The Kier molecular flexibility index (Phi) is 5.31. The smallest absolute Gasteiger partial charge is 0.287 e. The van der Waals surface area contributed by atoms with Crippen LogP contribution < -0.4 is 11.1 Å². The fourth-order valence-corrected chi connectivity index (χ4v) is 3.40. The first-order valence-electron chi connectivity index (χ1n) is 9.48. The van der Waals surface area contributed by atoms with Gasteiger partial charge < -0.3 is 15.5 Å². The molecule has 0 aliphatic heterocycles. The normalized spacial score (nSPS) is 11.9. The van der Waals surface area contributed by atoms with Gasteiger partial charge in [-0.05, 0) is 11.6 Å². The van der Waals surface area contributed by atoms with Crippen LogP contribution in [0.2, 0.25) is 0 Å². The average molecular weight is 417 g/mol. The topological polar surface area (TPSA) is 133 Å². The largest absolute Gasteiger partial charge is 0.443 e. The van der Waals surface area contributed by atoms with Gasteiger partial charge >= 0.3 is 0 Å². The van der Waals surface area contributed by atoms with E-state index in [0.717, 1.165) is 5.56 Å². The van der Waals surface area contributed by atoms with Crippen molar-refractivity contribution in [3.8, 4) is 11.3 Å². The first-order chi connectivity index (χ1) is 14.9. The number of hydrogen-bond donors (Lipinski definition) is 2. The Balaban J connectivity index is 1.68. The minimum atomic E-state index is -1.11. The molecule has 3 N–H and O–H groups in total. The third-order valence-corrected chi connectivity index (χ3v) is 4.84. The molecule has 2 aromatic carbocycles. The summed E-state index contributed by atoms with van der Waals surface area (Å²) in [6.45, 7) is 0. The van der Waals surface area contributed by atoms with Crippen LogP contribution >= 0.6 is 0 Å². The first-order valence-corrected chi connectivity index (χ1v) is 9.48. The summed E-state index contributed by atoms with van der Waals surface area (Å²) >= 11 is 0. The highest BCUT2D eigenvalue weighted by atomic mass is 16.3. The minimum absolute atomic E-state index is 0.128. The number of nitrogens with one attached hydrogen (secondary N) is 1. The molecule has 2 amide bonds. The number of Topliss-reactive ketones (excluding diaryl/α,β-unsaturated/α-hetero) is 1. The lowest BCUT2D eigenvalue weighted by atomic mass is 10.0. The molecule has 0 spiro atoms. The van der Waals surface area contributed by atoms with Crippen LogP contribution in [0.5, 0.6) is 0 Å². The van der Waals surface area contributed by atoms with Gasteiger partial charge in [0.15, 0.2) is 12.0 Å². The fourth-order valence-electron chi connectivity index (χ4n) is 3.40. The lowest BCUT2D eigenvalue weighted by molar-refractivity contribution is -0.137. The van der Waals surface area contributed by atoms with Crippen molar-refractivity contribution in [2.75, 3.05) is 0 Å². The molecule has 156 valence electrons. The zero-order valence-corrected chi connectivity index (χ0v) is 16.6. The molecule has 4 aromatic rings. The van der Waals surface area contributed by atoms with Crippen molar-refractivity contribution >= 4 is 28.7 Å². The van der Waals surface area contributed by atoms with Crippen molar-refractivity contribution in [3.05, 3.63) is 72.2 Å². The summed E-state index contributed by atoms with van der Waals surface area (Å²) in [5.41, 5.74) is 8.32. The fraction of sp³-hybridized carbons (Fsp3) is 0.136. The van der Waals surface area contributed by atoms with Crippen molar-refractivity contribution in [3.63, 3.8) is 0 Å². The van der Waals surface area contributed by atoms with Crippen LogP contribution in [-0.4, -0.2) is 38.4 Å². The third-order valence-electron chi connectivity index (χ3n) is 4.84. The molecule has 9 heteroatoms. The number of carbonyl (C=O) groups is 3. The van der Waals surface area contributed by atoms with E-state index in [1.807, 2.05) is 6.07 Å². The van der Waals surface area contributed by atoms with Gasteiger partial charge in [-0.3, -0.25) is 19.1 Å². The molecular formula is C22H19N5O4. The lowest BCUT2D eigenvalue weighted by Gasteiger charge is -2.16. The summed E-state index contributed by atoms with van der Waals surface area (Å²) in [4.78, 5) is 41.3. The van der Waals surface area contributed by atoms with Crippen LogP contribution in [0.1, 0.15) is 15.9 Å². The number of fused-ring (bicyclic) bond motifs is 1. The van der Waals surface area contributed by atoms with Crippen molar-refractivity contribution < 1.29 is 18.8 Å². The van der Waals surface area contributed by atoms with Crippen LogP contribution in [0.4, 0.5) is 0 Å². The number of amides is 2. The van der Waals surface area contributed by atoms with Gasteiger partial charge in [0.1, 0.15) is 17.3 Å². The molecule has 0 radical (unpaired) electrons. The molecule has 1 atom stereocenters. The van der Waals surface area contributed by atoms with E-state index in [2.05, 4.69) is 15.4 Å². The van der Waals surface area contributed by atoms with Crippen LogP contribution in [0.15, 0.2) is 65.5 Å². The van der Waals surface area contributed by atoms with Crippen molar-refractivity contribution in [1.82, 2.24) is 20.1 Å². The van der Waals surface area contributed by atoms with Crippen LogP contribution in [0.25, 0.3) is 22.4 Å². The van der Waals surface area contributed by atoms with Gasteiger partial charge in [0.2, 0.25) is 5.78 Å². The number of nitrogens with zero attached hydrogens (tertiary/aromatic N) is 3. The minimum Gasteiger partial charge on any atom is -0.443 e. The van der Waals surface area contributed by atoms with Crippen LogP contribution in [0.3, 0.4) is 0 Å². The Morgan fingerprint density at radius 2 is 1.90 bits per heavy atom. The Morgan fingerprint density at radius 1 is 1.13 bits per heavy atom.